The minimum absolute atomic E-state index is 0.312. The van der Waals surface area contributed by atoms with Gasteiger partial charge in [-0.3, -0.25) is 4.84 Å². The summed E-state index contributed by atoms with van der Waals surface area (Å²) >= 11 is 0. The van der Waals surface area contributed by atoms with Gasteiger partial charge < -0.3 is 10.1 Å². The zero-order chi connectivity index (χ0) is 14.2. The maximum absolute atomic E-state index is 11.6. The molecule has 2 N–H and O–H groups in total. The van der Waals surface area contributed by atoms with E-state index in [1.165, 1.54) is 0 Å². The molecule has 2 amide bonds. The van der Waals surface area contributed by atoms with Gasteiger partial charge in [0, 0.05) is 11.8 Å². The molecule has 0 spiro atoms. The number of rotatable bonds is 5. The lowest BCUT2D eigenvalue weighted by Crippen LogP contribution is -2.28. The summed E-state index contributed by atoms with van der Waals surface area (Å²) in [5, 5.41) is 2.65. The zero-order valence-corrected chi connectivity index (χ0v) is 11.1. The zero-order valence-electron chi connectivity index (χ0n) is 11.1. The highest BCUT2D eigenvalue weighted by Crippen LogP contribution is 2.16. The summed E-state index contributed by atoms with van der Waals surface area (Å²) in [7, 11) is 1.57. The number of benzene rings is 2. The third kappa shape index (κ3) is 4.29. The molecule has 0 unspecified atom stereocenters. The third-order valence-electron chi connectivity index (χ3n) is 2.57. The maximum atomic E-state index is 11.6. The van der Waals surface area contributed by atoms with E-state index in [1.807, 2.05) is 30.3 Å². The molecular formula is C15H16N2O3. The van der Waals surface area contributed by atoms with Crippen LogP contribution in [0.15, 0.2) is 54.6 Å². The minimum atomic E-state index is -0.436. The van der Waals surface area contributed by atoms with Crippen LogP contribution >= 0.6 is 0 Å². The number of anilines is 1. The van der Waals surface area contributed by atoms with Gasteiger partial charge in [-0.15, -0.1) is 0 Å². The molecule has 5 heteroatoms. The summed E-state index contributed by atoms with van der Waals surface area (Å²) < 4.78 is 5.07. The number of hydrogen-bond acceptors (Lipinski definition) is 3. The Balaban J connectivity index is 1.77. The van der Waals surface area contributed by atoms with Crippen molar-refractivity contribution in [2.45, 2.75) is 6.61 Å². The van der Waals surface area contributed by atoms with Crippen molar-refractivity contribution in [3.05, 3.63) is 60.2 Å². The first-order valence-corrected chi connectivity index (χ1v) is 6.14. The molecule has 20 heavy (non-hydrogen) atoms. The monoisotopic (exact) mass is 272 g/mol. The predicted octanol–water partition coefficient (Wildman–Crippen LogP) is 2.95. The first-order chi connectivity index (χ1) is 9.78. The number of carbonyl (C=O) groups excluding carboxylic acids is 1. The second kappa shape index (κ2) is 7.16. The normalized spacial score (nSPS) is 9.85. The van der Waals surface area contributed by atoms with Crippen molar-refractivity contribution < 1.29 is 14.4 Å². The van der Waals surface area contributed by atoms with Crippen LogP contribution in [0.4, 0.5) is 10.5 Å². The molecule has 0 heterocycles. The SMILES string of the molecule is COc1cccc(NC(=O)NOCc2ccccc2)c1. The van der Waals surface area contributed by atoms with Crippen LogP contribution in [0.3, 0.4) is 0 Å². The molecule has 0 fully saturated rings. The molecule has 2 rings (SSSR count). The molecule has 0 aliphatic heterocycles. The molecule has 0 aromatic heterocycles. The van der Waals surface area contributed by atoms with Crippen molar-refractivity contribution in [3.63, 3.8) is 0 Å². The lowest BCUT2D eigenvalue weighted by molar-refractivity contribution is 0.0536. The number of methoxy groups -OCH3 is 1. The first kappa shape index (κ1) is 13.9. The highest BCUT2D eigenvalue weighted by atomic mass is 16.7. The number of hydroxylamine groups is 1. The molecule has 0 saturated heterocycles. The van der Waals surface area contributed by atoms with Crippen LogP contribution in [0.2, 0.25) is 0 Å². The van der Waals surface area contributed by atoms with Crippen LogP contribution in [-0.4, -0.2) is 13.1 Å². The quantitative estimate of drug-likeness (QED) is 0.823. The second-order valence-corrected chi connectivity index (χ2v) is 4.06. The van der Waals surface area contributed by atoms with E-state index >= 15 is 0 Å². The second-order valence-electron chi connectivity index (χ2n) is 4.06. The molecule has 0 bridgehead atoms. The molecule has 0 aliphatic rings. The Kier molecular flexibility index (Phi) is 4.97. The number of ether oxygens (including phenoxy) is 1. The van der Waals surface area contributed by atoms with Crippen LogP contribution in [0.1, 0.15) is 5.56 Å². The van der Waals surface area contributed by atoms with Crippen molar-refractivity contribution in [1.82, 2.24) is 5.48 Å². The van der Waals surface area contributed by atoms with Gasteiger partial charge >= 0.3 is 6.03 Å². The Morgan fingerprint density at radius 3 is 2.65 bits per heavy atom. The molecular weight excluding hydrogens is 256 g/mol. The van der Waals surface area contributed by atoms with Gasteiger partial charge in [0.2, 0.25) is 0 Å². The fourth-order valence-electron chi connectivity index (χ4n) is 1.62. The van der Waals surface area contributed by atoms with Crippen molar-refractivity contribution in [2.24, 2.45) is 0 Å². The summed E-state index contributed by atoms with van der Waals surface area (Å²) in [6.45, 7) is 0.312. The molecule has 2 aromatic carbocycles. The summed E-state index contributed by atoms with van der Waals surface area (Å²) in [5.41, 5.74) is 3.94. The number of amides is 2. The van der Waals surface area contributed by atoms with Crippen LogP contribution in [0, 0.1) is 0 Å². The van der Waals surface area contributed by atoms with Gasteiger partial charge in [0.05, 0.1) is 13.7 Å². The third-order valence-corrected chi connectivity index (χ3v) is 2.57. The number of carbonyl (C=O) groups is 1. The minimum Gasteiger partial charge on any atom is -0.497 e. The Morgan fingerprint density at radius 1 is 1.10 bits per heavy atom. The van der Waals surface area contributed by atoms with E-state index in [1.54, 1.807) is 31.4 Å². The molecule has 0 aliphatic carbocycles. The predicted molar refractivity (Wildman–Crippen MR) is 76.4 cm³/mol. The van der Waals surface area contributed by atoms with Crippen LogP contribution in [0.25, 0.3) is 0 Å². The Bertz CT molecular complexity index is 558. The number of nitrogens with one attached hydrogen (secondary N) is 2. The van der Waals surface area contributed by atoms with Crippen molar-refractivity contribution >= 4 is 11.7 Å². The van der Waals surface area contributed by atoms with Gasteiger partial charge in [0.1, 0.15) is 5.75 Å². The van der Waals surface area contributed by atoms with Crippen LogP contribution < -0.4 is 15.5 Å². The molecule has 2 aromatic rings. The largest absolute Gasteiger partial charge is 0.497 e. The number of hydrogen-bond donors (Lipinski definition) is 2. The molecule has 0 atom stereocenters. The number of urea groups is 1. The summed E-state index contributed by atoms with van der Waals surface area (Å²) in [4.78, 5) is 16.7. The molecule has 5 nitrogen and oxygen atoms in total. The summed E-state index contributed by atoms with van der Waals surface area (Å²) in [6, 6.07) is 16.2. The Hall–Kier alpha value is -2.53. The summed E-state index contributed by atoms with van der Waals surface area (Å²) in [6.07, 6.45) is 0. The Morgan fingerprint density at radius 2 is 1.90 bits per heavy atom. The van der Waals surface area contributed by atoms with Gasteiger partial charge in [-0.2, -0.15) is 0 Å². The van der Waals surface area contributed by atoms with Crippen LogP contribution in [-0.2, 0) is 11.4 Å². The Labute approximate surface area is 117 Å². The van der Waals surface area contributed by atoms with E-state index in [0.717, 1.165) is 5.56 Å². The first-order valence-electron chi connectivity index (χ1n) is 6.14. The van der Waals surface area contributed by atoms with E-state index in [2.05, 4.69) is 10.8 Å². The van der Waals surface area contributed by atoms with Gasteiger partial charge in [-0.25, -0.2) is 10.3 Å². The summed E-state index contributed by atoms with van der Waals surface area (Å²) in [5.74, 6) is 0.674. The smallest absolute Gasteiger partial charge is 0.343 e. The van der Waals surface area contributed by atoms with Crippen LogP contribution in [0.5, 0.6) is 5.75 Å². The van der Waals surface area contributed by atoms with Crippen molar-refractivity contribution in [2.75, 3.05) is 12.4 Å². The van der Waals surface area contributed by atoms with Gasteiger partial charge in [-0.05, 0) is 17.7 Å². The van der Waals surface area contributed by atoms with E-state index in [4.69, 9.17) is 9.57 Å². The average molecular weight is 272 g/mol. The lowest BCUT2D eigenvalue weighted by atomic mass is 10.2. The molecule has 0 saturated carbocycles. The van der Waals surface area contributed by atoms with Gasteiger partial charge in [-0.1, -0.05) is 36.4 Å². The van der Waals surface area contributed by atoms with Crippen molar-refractivity contribution in [3.8, 4) is 5.75 Å². The highest BCUT2D eigenvalue weighted by Gasteiger charge is 2.02. The fourth-order valence-corrected chi connectivity index (χ4v) is 1.62. The fraction of sp³-hybridized carbons (Fsp3) is 0.133. The van der Waals surface area contributed by atoms with E-state index in [9.17, 15) is 4.79 Å². The average Bonchev–Trinajstić information content (AvgIpc) is 2.48. The highest BCUT2D eigenvalue weighted by molar-refractivity contribution is 5.88. The maximum Gasteiger partial charge on any atom is 0.343 e. The molecule has 0 radical (unpaired) electrons. The van der Waals surface area contributed by atoms with E-state index in [-0.39, 0.29) is 0 Å². The standard InChI is InChI=1S/C15H16N2O3/c1-19-14-9-5-8-13(10-14)16-15(18)17-20-11-12-6-3-2-4-7-12/h2-10H,11H2,1H3,(H2,16,17,18). The van der Waals surface area contributed by atoms with E-state index < -0.39 is 6.03 Å². The van der Waals surface area contributed by atoms with E-state index in [0.29, 0.717) is 18.0 Å². The molecule has 104 valence electrons. The van der Waals surface area contributed by atoms with Crippen molar-refractivity contribution in [1.29, 1.82) is 0 Å². The lowest BCUT2D eigenvalue weighted by Gasteiger charge is -2.08. The van der Waals surface area contributed by atoms with Gasteiger partial charge in [0.25, 0.3) is 0 Å². The topological polar surface area (TPSA) is 59.6 Å². The van der Waals surface area contributed by atoms with Gasteiger partial charge in [0.15, 0.2) is 0 Å².